The van der Waals surface area contributed by atoms with Gasteiger partial charge in [-0.25, -0.2) is 0 Å². The standard InChI is InChI=1S/C15H19N/c1-4-5-6-13-9-14(13)7-11(2)10-16-15-8-12(15)3/h6,10-11,14-15H,3,7-9H2,1-2H3/b13-6+,16-10+/t11?,14-,15?/m1/s1. The van der Waals surface area contributed by atoms with Crippen LogP contribution >= 0.6 is 0 Å². The molecule has 2 aliphatic carbocycles. The summed E-state index contributed by atoms with van der Waals surface area (Å²) in [5.74, 6) is 7.28. The maximum Gasteiger partial charge on any atom is 0.0741 e. The molecule has 0 bridgehead atoms. The number of hydrogen-bond acceptors (Lipinski definition) is 1. The highest BCUT2D eigenvalue weighted by atomic mass is 14.8. The molecule has 0 saturated heterocycles. The van der Waals surface area contributed by atoms with Gasteiger partial charge in [-0.05, 0) is 44.1 Å². The molecule has 0 aromatic carbocycles. The van der Waals surface area contributed by atoms with E-state index in [1.54, 1.807) is 0 Å². The van der Waals surface area contributed by atoms with Gasteiger partial charge in [-0.3, -0.25) is 4.99 Å². The largest absolute Gasteiger partial charge is 0.289 e. The summed E-state index contributed by atoms with van der Waals surface area (Å²) in [6.45, 7) is 8.03. The third-order valence-electron chi connectivity index (χ3n) is 3.19. The molecule has 0 heterocycles. The smallest absolute Gasteiger partial charge is 0.0741 e. The molecule has 0 aromatic heterocycles. The van der Waals surface area contributed by atoms with Crippen molar-refractivity contribution in [2.75, 3.05) is 0 Å². The van der Waals surface area contributed by atoms with Gasteiger partial charge in [0.1, 0.15) is 0 Å². The zero-order valence-electron chi connectivity index (χ0n) is 10.2. The highest BCUT2D eigenvalue weighted by Crippen LogP contribution is 2.42. The van der Waals surface area contributed by atoms with E-state index in [-0.39, 0.29) is 0 Å². The normalized spacial score (nSPS) is 31.4. The van der Waals surface area contributed by atoms with Crippen LogP contribution in [0.4, 0.5) is 0 Å². The van der Waals surface area contributed by atoms with E-state index in [2.05, 4.69) is 42.6 Å². The Morgan fingerprint density at radius 3 is 2.94 bits per heavy atom. The van der Waals surface area contributed by atoms with E-state index in [0.29, 0.717) is 12.0 Å². The monoisotopic (exact) mass is 213 g/mol. The van der Waals surface area contributed by atoms with Gasteiger partial charge in [0.25, 0.3) is 0 Å². The lowest BCUT2D eigenvalue weighted by atomic mass is 10.1. The maximum absolute atomic E-state index is 4.51. The Kier molecular flexibility index (Phi) is 3.29. The summed E-state index contributed by atoms with van der Waals surface area (Å²) in [7, 11) is 0. The number of hydrogen-bond donors (Lipinski definition) is 0. The number of rotatable bonds is 4. The molecule has 2 saturated carbocycles. The first-order valence-corrected chi connectivity index (χ1v) is 6.03. The van der Waals surface area contributed by atoms with Crippen LogP contribution in [0.3, 0.4) is 0 Å². The molecular formula is C15H19N. The van der Waals surface area contributed by atoms with Crippen molar-refractivity contribution in [3.8, 4) is 11.8 Å². The predicted molar refractivity (Wildman–Crippen MR) is 69.5 cm³/mol. The number of allylic oxidation sites excluding steroid dienone is 2. The molecule has 2 aliphatic rings. The molecule has 0 radical (unpaired) electrons. The van der Waals surface area contributed by atoms with Crippen LogP contribution in [-0.2, 0) is 0 Å². The number of nitrogens with zero attached hydrogens (tertiary/aromatic N) is 1. The third kappa shape index (κ3) is 3.10. The summed E-state index contributed by atoms with van der Waals surface area (Å²) in [5, 5.41) is 0. The predicted octanol–water partition coefficient (Wildman–Crippen LogP) is 3.38. The van der Waals surface area contributed by atoms with E-state index < -0.39 is 0 Å². The Hall–Kier alpha value is -1.29. The van der Waals surface area contributed by atoms with Crippen molar-refractivity contribution in [1.82, 2.24) is 0 Å². The molecule has 0 aliphatic heterocycles. The van der Waals surface area contributed by atoms with Crippen molar-refractivity contribution >= 4 is 6.21 Å². The van der Waals surface area contributed by atoms with E-state index in [1.807, 2.05) is 6.92 Å². The van der Waals surface area contributed by atoms with E-state index in [9.17, 15) is 0 Å². The Morgan fingerprint density at radius 2 is 2.31 bits per heavy atom. The van der Waals surface area contributed by atoms with Gasteiger partial charge in [0.15, 0.2) is 0 Å². The molecule has 0 spiro atoms. The summed E-state index contributed by atoms with van der Waals surface area (Å²) in [5.41, 5.74) is 2.80. The fraction of sp³-hybridized carbons (Fsp3) is 0.533. The quantitative estimate of drug-likeness (QED) is 0.385. The zero-order valence-corrected chi connectivity index (χ0v) is 10.2. The van der Waals surface area contributed by atoms with E-state index in [4.69, 9.17) is 0 Å². The van der Waals surface area contributed by atoms with Crippen molar-refractivity contribution in [1.29, 1.82) is 0 Å². The molecule has 3 atom stereocenters. The average Bonchev–Trinajstić information content (AvgIpc) is 3.13. The average molecular weight is 213 g/mol. The fourth-order valence-electron chi connectivity index (χ4n) is 1.91. The SMILES string of the molecule is C=C1CC1/N=C/C(C)C[C@@H]1C/C1=C\C#CC. The van der Waals surface area contributed by atoms with E-state index in [1.165, 1.54) is 24.0 Å². The lowest BCUT2D eigenvalue weighted by Crippen LogP contribution is -1.98. The van der Waals surface area contributed by atoms with Crippen LogP contribution in [0.5, 0.6) is 0 Å². The van der Waals surface area contributed by atoms with Gasteiger partial charge in [0.2, 0.25) is 0 Å². The van der Waals surface area contributed by atoms with Gasteiger partial charge in [0, 0.05) is 6.21 Å². The third-order valence-corrected chi connectivity index (χ3v) is 3.19. The summed E-state index contributed by atoms with van der Waals surface area (Å²) in [6.07, 6.45) is 7.76. The molecular weight excluding hydrogens is 194 g/mol. The van der Waals surface area contributed by atoms with Crippen LogP contribution in [0, 0.1) is 23.7 Å². The Balaban J connectivity index is 1.72. The molecule has 0 aromatic rings. The zero-order chi connectivity index (χ0) is 11.5. The van der Waals surface area contributed by atoms with E-state index in [0.717, 1.165) is 12.3 Å². The van der Waals surface area contributed by atoms with Gasteiger partial charge >= 0.3 is 0 Å². The molecule has 1 heteroatoms. The van der Waals surface area contributed by atoms with E-state index >= 15 is 0 Å². The van der Waals surface area contributed by atoms with Crippen LogP contribution < -0.4 is 0 Å². The summed E-state index contributed by atoms with van der Waals surface area (Å²) in [6, 6.07) is 0.447. The maximum atomic E-state index is 4.51. The first-order chi connectivity index (χ1) is 7.70. The minimum atomic E-state index is 0.447. The van der Waals surface area contributed by atoms with Gasteiger partial charge in [-0.15, -0.1) is 5.92 Å². The lowest BCUT2D eigenvalue weighted by Gasteiger charge is -2.01. The van der Waals surface area contributed by atoms with Gasteiger partial charge in [-0.1, -0.05) is 30.6 Å². The van der Waals surface area contributed by atoms with Crippen molar-refractivity contribution < 1.29 is 0 Å². The van der Waals surface area contributed by atoms with Crippen LogP contribution in [0.2, 0.25) is 0 Å². The van der Waals surface area contributed by atoms with Crippen LogP contribution in [0.25, 0.3) is 0 Å². The molecule has 1 nitrogen and oxygen atoms in total. The molecule has 0 amide bonds. The Bertz CT molecular complexity index is 403. The highest BCUT2D eigenvalue weighted by molar-refractivity contribution is 5.62. The fourth-order valence-corrected chi connectivity index (χ4v) is 1.91. The lowest BCUT2D eigenvalue weighted by molar-refractivity contribution is 0.641. The van der Waals surface area contributed by atoms with Crippen LogP contribution in [-0.4, -0.2) is 12.3 Å². The highest BCUT2D eigenvalue weighted by Gasteiger charge is 2.30. The van der Waals surface area contributed by atoms with Crippen molar-refractivity contribution in [2.24, 2.45) is 16.8 Å². The second-order valence-corrected chi connectivity index (χ2v) is 4.90. The molecule has 2 fully saturated rings. The van der Waals surface area contributed by atoms with Crippen LogP contribution in [0.15, 0.2) is 28.8 Å². The van der Waals surface area contributed by atoms with Gasteiger partial charge in [-0.2, -0.15) is 0 Å². The first kappa shape index (κ1) is 11.2. The number of aliphatic imine (C=N–C) groups is 1. The Morgan fingerprint density at radius 1 is 1.56 bits per heavy atom. The van der Waals surface area contributed by atoms with Gasteiger partial charge in [0.05, 0.1) is 6.04 Å². The summed E-state index contributed by atoms with van der Waals surface area (Å²) < 4.78 is 0. The topological polar surface area (TPSA) is 12.4 Å². The minimum Gasteiger partial charge on any atom is -0.289 e. The second kappa shape index (κ2) is 4.70. The molecule has 2 rings (SSSR count). The first-order valence-electron chi connectivity index (χ1n) is 6.03. The summed E-state index contributed by atoms with van der Waals surface area (Å²) >= 11 is 0. The molecule has 2 unspecified atom stereocenters. The summed E-state index contributed by atoms with van der Waals surface area (Å²) in [4.78, 5) is 4.51. The van der Waals surface area contributed by atoms with Crippen molar-refractivity contribution in [2.45, 2.75) is 39.2 Å². The van der Waals surface area contributed by atoms with Crippen molar-refractivity contribution in [3.63, 3.8) is 0 Å². The second-order valence-electron chi connectivity index (χ2n) is 4.90. The van der Waals surface area contributed by atoms with Crippen molar-refractivity contribution in [3.05, 3.63) is 23.8 Å². The molecule has 0 N–H and O–H groups in total. The molecule has 16 heavy (non-hydrogen) atoms. The minimum absolute atomic E-state index is 0.447. The van der Waals surface area contributed by atoms with Crippen LogP contribution in [0.1, 0.15) is 33.1 Å². The molecule has 84 valence electrons. The van der Waals surface area contributed by atoms with Gasteiger partial charge < -0.3 is 0 Å². The Labute approximate surface area is 98.4 Å².